The van der Waals surface area contributed by atoms with Crippen molar-refractivity contribution in [3.8, 4) is 11.3 Å². The van der Waals surface area contributed by atoms with E-state index in [0.717, 1.165) is 24.2 Å². The number of aromatic nitrogens is 3. The average molecular weight is 190 g/mol. The number of rotatable bonds is 3. The molecule has 0 N–H and O–H groups in total. The minimum Gasteiger partial charge on any atom is -0.364 e. The number of nitrogens with zero attached hydrogens (tertiary/aromatic N) is 3. The first-order chi connectivity index (χ1) is 6.90. The highest BCUT2D eigenvalue weighted by Crippen LogP contribution is 2.12. The topological polar surface area (TPSA) is 42.8 Å². The second-order valence-electron chi connectivity index (χ2n) is 3.06. The molecule has 14 heavy (non-hydrogen) atoms. The van der Waals surface area contributed by atoms with Crippen LogP contribution >= 0.6 is 0 Å². The molecule has 0 saturated carbocycles. The quantitative estimate of drug-likeness (QED) is 0.688. The van der Waals surface area contributed by atoms with Gasteiger partial charge in [0, 0.05) is 24.1 Å². The molecule has 0 aromatic carbocycles. The lowest BCUT2D eigenvalue weighted by Gasteiger charge is -1.93. The van der Waals surface area contributed by atoms with Gasteiger partial charge in [-0.15, -0.1) is 0 Å². The molecule has 2 heterocycles. The van der Waals surface area contributed by atoms with Crippen LogP contribution in [0, 0.1) is 0 Å². The normalized spacial score (nSPS) is 10.4. The predicted molar refractivity (Wildman–Crippen MR) is 50.2 cm³/mol. The smallest absolute Gasteiger partial charge is 0.196 e. The van der Waals surface area contributed by atoms with Crippen molar-refractivity contribution in [1.82, 2.24) is 10.3 Å². The second kappa shape index (κ2) is 4.00. The van der Waals surface area contributed by atoms with Gasteiger partial charge in [-0.05, 0) is 5.10 Å². The molecular formula is C10H12N3O+. The first-order valence-electron chi connectivity index (χ1n) is 4.66. The van der Waals surface area contributed by atoms with Crippen molar-refractivity contribution in [2.45, 2.75) is 19.9 Å². The van der Waals surface area contributed by atoms with E-state index in [1.807, 2.05) is 23.0 Å². The highest BCUT2D eigenvalue weighted by molar-refractivity contribution is 5.55. The summed E-state index contributed by atoms with van der Waals surface area (Å²) in [4.78, 5) is 0. The van der Waals surface area contributed by atoms with Gasteiger partial charge >= 0.3 is 0 Å². The van der Waals surface area contributed by atoms with Crippen LogP contribution in [0.25, 0.3) is 11.3 Å². The van der Waals surface area contributed by atoms with Gasteiger partial charge in [0.2, 0.25) is 0 Å². The SMILES string of the molecule is CCC[n+]1ccc(-c2ccon2)cn1. The largest absolute Gasteiger partial charge is 0.364 e. The summed E-state index contributed by atoms with van der Waals surface area (Å²) in [5.74, 6) is 0. The maximum Gasteiger partial charge on any atom is 0.196 e. The molecule has 0 bridgehead atoms. The van der Waals surface area contributed by atoms with Crippen LogP contribution in [0.1, 0.15) is 13.3 Å². The maximum absolute atomic E-state index is 4.76. The third-order valence-corrected chi connectivity index (χ3v) is 1.96. The molecule has 4 nitrogen and oxygen atoms in total. The molecule has 0 atom stereocenters. The fourth-order valence-electron chi connectivity index (χ4n) is 1.26. The highest BCUT2D eigenvalue weighted by Gasteiger charge is 2.05. The maximum atomic E-state index is 4.76. The summed E-state index contributed by atoms with van der Waals surface area (Å²) in [6.07, 6.45) is 6.39. The molecular weight excluding hydrogens is 178 g/mol. The van der Waals surface area contributed by atoms with Gasteiger partial charge in [-0.1, -0.05) is 16.8 Å². The van der Waals surface area contributed by atoms with Crippen molar-refractivity contribution in [3.63, 3.8) is 0 Å². The number of aryl methyl sites for hydroxylation is 1. The van der Waals surface area contributed by atoms with E-state index in [1.165, 1.54) is 0 Å². The minimum absolute atomic E-state index is 0.821. The molecule has 2 aromatic rings. The molecule has 0 aliphatic heterocycles. The van der Waals surface area contributed by atoms with Crippen molar-refractivity contribution in [2.75, 3.05) is 0 Å². The average Bonchev–Trinajstić information content (AvgIpc) is 2.72. The Morgan fingerprint density at radius 3 is 2.93 bits per heavy atom. The molecule has 0 aliphatic rings. The van der Waals surface area contributed by atoms with Crippen molar-refractivity contribution in [3.05, 3.63) is 30.8 Å². The Morgan fingerprint density at radius 2 is 2.36 bits per heavy atom. The van der Waals surface area contributed by atoms with Gasteiger partial charge < -0.3 is 4.52 Å². The Labute approximate surface area is 82.2 Å². The molecule has 0 spiro atoms. The lowest BCUT2D eigenvalue weighted by Crippen LogP contribution is -2.36. The molecule has 0 saturated heterocycles. The summed E-state index contributed by atoms with van der Waals surface area (Å²) in [5, 5.41) is 8.10. The monoisotopic (exact) mass is 190 g/mol. The van der Waals surface area contributed by atoms with Gasteiger partial charge in [-0.2, -0.15) is 0 Å². The molecule has 0 fully saturated rings. The van der Waals surface area contributed by atoms with E-state index in [4.69, 9.17) is 4.52 Å². The minimum atomic E-state index is 0.821. The van der Waals surface area contributed by atoms with Crippen LogP contribution in [0.15, 0.2) is 35.3 Å². The third-order valence-electron chi connectivity index (χ3n) is 1.96. The van der Waals surface area contributed by atoms with E-state index in [2.05, 4.69) is 17.2 Å². The third kappa shape index (κ3) is 1.79. The molecule has 4 heteroatoms. The standard InChI is InChI=1S/C10H12N3O/c1-2-5-13-6-3-9(8-11-13)10-4-7-14-12-10/h3-4,6-8H,2,5H2,1H3/q+1. The van der Waals surface area contributed by atoms with E-state index < -0.39 is 0 Å². The van der Waals surface area contributed by atoms with Gasteiger partial charge in [0.1, 0.15) is 18.2 Å². The van der Waals surface area contributed by atoms with Crippen LogP contribution in [-0.4, -0.2) is 10.3 Å². The van der Waals surface area contributed by atoms with Crippen molar-refractivity contribution < 1.29 is 9.20 Å². The van der Waals surface area contributed by atoms with Crippen LogP contribution in [0.3, 0.4) is 0 Å². The first kappa shape index (κ1) is 8.87. The Kier molecular flexibility index (Phi) is 2.53. The fourth-order valence-corrected chi connectivity index (χ4v) is 1.26. The second-order valence-corrected chi connectivity index (χ2v) is 3.06. The lowest BCUT2D eigenvalue weighted by molar-refractivity contribution is -0.753. The van der Waals surface area contributed by atoms with Gasteiger partial charge in [-0.3, -0.25) is 0 Å². The Hall–Kier alpha value is -1.71. The zero-order chi connectivity index (χ0) is 9.80. The summed E-state index contributed by atoms with van der Waals surface area (Å²) >= 11 is 0. The van der Waals surface area contributed by atoms with E-state index >= 15 is 0 Å². The van der Waals surface area contributed by atoms with Gasteiger partial charge in [0.05, 0.1) is 0 Å². The van der Waals surface area contributed by atoms with E-state index in [-0.39, 0.29) is 0 Å². The van der Waals surface area contributed by atoms with E-state index in [9.17, 15) is 0 Å². The summed E-state index contributed by atoms with van der Waals surface area (Å²) in [5.41, 5.74) is 1.80. The van der Waals surface area contributed by atoms with Crippen LogP contribution in [0.5, 0.6) is 0 Å². The summed E-state index contributed by atoms with van der Waals surface area (Å²) in [6, 6.07) is 3.81. The first-order valence-corrected chi connectivity index (χ1v) is 4.66. The van der Waals surface area contributed by atoms with Crippen molar-refractivity contribution in [2.24, 2.45) is 0 Å². The van der Waals surface area contributed by atoms with Crippen LogP contribution < -0.4 is 4.68 Å². The van der Waals surface area contributed by atoms with Crippen molar-refractivity contribution in [1.29, 1.82) is 0 Å². The van der Waals surface area contributed by atoms with Gasteiger partial charge in [-0.25, -0.2) is 0 Å². The summed E-state index contributed by atoms with van der Waals surface area (Å²) in [6.45, 7) is 3.07. The fraction of sp³-hybridized carbons (Fsp3) is 0.300. The van der Waals surface area contributed by atoms with E-state index in [1.54, 1.807) is 12.5 Å². The molecule has 2 aromatic heterocycles. The zero-order valence-corrected chi connectivity index (χ0v) is 8.05. The highest BCUT2D eigenvalue weighted by atomic mass is 16.5. The summed E-state index contributed by atoms with van der Waals surface area (Å²) < 4.78 is 6.67. The number of hydrogen-bond donors (Lipinski definition) is 0. The van der Waals surface area contributed by atoms with Crippen LogP contribution in [0.4, 0.5) is 0 Å². The van der Waals surface area contributed by atoms with Crippen LogP contribution in [-0.2, 0) is 6.54 Å². The number of hydrogen-bond acceptors (Lipinski definition) is 3. The molecule has 0 aliphatic carbocycles. The lowest BCUT2D eigenvalue weighted by atomic mass is 10.2. The summed E-state index contributed by atoms with van der Waals surface area (Å²) in [7, 11) is 0. The molecule has 0 radical (unpaired) electrons. The van der Waals surface area contributed by atoms with Gasteiger partial charge in [0.25, 0.3) is 0 Å². The van der Waals surface area contributed by atoms with Gasteiger partial charge in [0.15, 0.2) is 12.7 Å². The van der Waals surface area contributed by atoms with Crippen molar-refractivity contribution >= 4 is 0 Å². The molecule has 0 amide bonds. The molecule has 2 rings (SSSR count). The Morgan fingerprint density at radius 1 is 1.43 bits per heavy atom. The van der Waals surface area contributed by atoms with E-state index in [0.29, 0.717) is 0 Å². The Balaban J connectivity index is 2.22. The Bertz CT molecular complexity index is 380. The molecule has 72 valence electrons. The zero-order valence-electron chi connectivity index (χ0n) is 8.05. The molecule has 0 unspecified atom stereocenters. The predicted octanol–water partition coefficient (Wildman–Crippen LogP) is 1.43. The van der Waals surface area contributed by atoms with Crippen LogP contribution in [0.2, 0.25) is 0 Å².